The van der Waals surface area contributed by atoms with E-state index in [0.29, 0.717) is 24.8 Å². The zero-order valence-electron chi connectivity index (χ0n) is 14.3. The van der Waals surface area contributed by atoms with Crippen LogP contribution in [0.15, 0.2) is 55.1 Å². The van der Waals surface area contributed by atoms with Crippen molar-refractivity contribution in [3.8, 4) is 0 Å². The lowest BCUT2D eigenvalue weighted by molar-refractivity contribution is 0.0693. The topological polar surface area (TPSA) is 72.7 Å². The molecule has 0 fully saturated rings. The predicted octanol–water partition coefficient (Wildman–Crippen LogP) is 5.83. The summed E-state index contributed by atoms with van der Waals surface area (Å²) in [5, 5.41) is 9.83. The van der Waals surface area contributed by atoms with Crippen LogP contribution in [-0.4, -0.2) is 26.6 Å². The van der Waals surface area contributed by atoms with Gasteiger partial charge in [0, 0.05) is 19.8 Å². The molecule has 0 aromatic heterocycles. The zero-order chi connectivity index (χ0) is 19.5. The third-order valence-corrected chi connectivity index (χ3v) is 7.18. The second-order valence-corrected chi connectivity index (χ2v) is 10.5. The molecule has 2 rings (SSSR count). The van der Waals surface area contributed by atoms with E-state index < -0.39 is 22.1 Å². The van der Waals surface area contributed by atoms with Crippen molar-refractivity contribution >= 4 is 62.8 Å². The molecule has 0 saturated heterocycles. The highest BCUT2D eigenvalue weighted by Gasteiger charge is 2.26. The Morgan fingerprint density at radius 1 is 1.31 bits per heavy atom. The fraction of sp³-hybridized carbons (Fsp3) is 0.222. The number of rotatable bonds is 5. The molecule has 2 aromatic carbocycles. The maximum atomic E-state index is 12.2. The highest BCUT2D eigenvalue weighted by Crippen LogP contribution is 2.40. The van der Waals surface area contributed by atoms with Gasteiger partial charge in [-0.1, -0.05) is 46.0 Å². The third-order valence-electron chi connectivity index (χ3n) is 3.22. The van der Waals surface area contributed by atoms with Gasteiger partial charge in [0.05, 0.1) is 16.8 Å². The Morgan fingerprint density at radius 2 is 1.96 bits per heavy atom. The van der Waals surface area contributed by atoms with Gasteiger partial charge >= 0.3 is 5.97 Å². The van der Waals surface area contributed by atoms with E-state index in [1.165, 1.54) is 18.0 Å². The van der Waals surface area contributed by atoms with Crippen molar-refractivity contribution < 1.29 is 14.5 Å². The molecule has 8 heteroatoms. The van der Waals surface area contributed by atoms with Crippen LogP contribution in [-0.2, 0) is 11.4 Å². The van der Waals surface area contributed by atoms with Gasteiger partial charge in [-0.3, -0.25) is 0 Å². The molecule has 0 amide bonds. The standard InChI is InChI=1S/C18H17BrClNO3S2/c1-18(2,3)26(24)21-10-11-8-9-13(19)15(20)16(11)25-14-7-5-4-6-12(14)17(22)23/h4-10H,1-3H3,(H,22,23). The van der Waals surface area contributed by atoms with Gasteiger partial charge in [-0.05, 0) is 54.9 Å². The van der Waals surface area contributed by atoms with Crippen molar-refractivity contribution in [2.24, 2.45) is 4.40 Å². The summed E-state index contributed by atoms with van der Waals surface area (Å²) >= 11 is 9.65. The van der Waals surface area contributed by atoms with Crippen molar-refractivity contribution in [1.29, 1.82) is 0 Å². The Labute approximate surface area is 173 Å². The number of hydrogen-bond donors (Lipinski definition) is 1. The number of aromatic carboxylic acids is 1. The summed E-state index contributed by atoms with van der Waals surface area (Å²) in [6.45, 7) is 5.52. The van der Waals surface area contributed by atoms with E-state index in [4.69, 9.17) is 11.6 Å². The van der Waals surface area contributed by atoms with E-state index in [2.05, 4.69) is 20.3 Å². The summed E-state index contributed by atoms with van der Waals surface area (Å²) in [4.78, 5) is 12.7. The van der Waals surface area contributed by atoms with Crippen LogP contribution in [0.5, 0.6) is 0 Å². The van der Waals surface area contributed by atoms with E-state index in [9.17, 15) is 14.5 Å². The maximum Gasteiger partial charge on any atom is 0.336 e. The number of carboxylic acids is 1. The van der Waals surface area contributed by atoms with Crippen molar-refractivity contribution in [1.82, 2.24) is 0 Å². The van der Waals surface area contributed by atoms with Crippen LogP contribution in [0.4, 0.5) is 0 Å². The second kappa shape index (κ2) is 8.80. The summed E-state index contributed by atoms with van der Waals surface area (Å²) in [7, 11) is 0. The Hall–Kier alpha value is -0.990. The molecule has 0 heterocycles. The molecule has 0 bridgehead atoms. The molecule has 0 aliphatic rings. The Kier molecular flexibility index (Phi) is 7.21. The first kappa shape index (κ1) is 21.3. The minimum atomic E-state index is -1.40. The fourth-order valence-corrected chi connectivity index (χ4v) is 4.20. The number of carboxylic acid groups (broad SMARTS) is 1. The van der Waals surface area contributed by atoms with E-state index in [-0.39, 0.29) is 5.56 Å². The summed E-state index contributed by atoms with van der Waals surface area (Å²) in [5.74, 6) is -1.01. The molecular formula is C18H17BrClNO3S2. The first-order valence-corrected chi connectivity index (χ1v) is 10.6. The highest BCUT2D eigenvalue weighted by molar-refractivity contribution is 9.10. The Bertz CT molecular complexity index is 853. The van der Waals surface area contributed by atoms with Crippen LogP contribution < -0.4 is 0 Å². The average molecular weight is 475 g/mol. The van der Waals surface area contributed by atoms with Gasteiger partial charge in [0.25, 0.3) is 0 Å². The molecule has 0 aliphatic carbocycles. The van der Waals surface area contributed by atoms with Gasteiger partial charge < -0.3 is 9.66 Å². The molecule has 0 saturated carbocycles. The molecule has 1 N–H and O–H groups in total. The molecule has 0 radical (unpaired) electrons. The van der Waals surface area contributed by atoms with Crippen LogP contribution in [0.2, 0.25) is 5.02 Å². The number of benzene rings is 2. The lowest BCUT2D eigenvalue weighted by Gasteiger charge is -2.18. The van der Waals surface area contributed by atoms with Crippen LogP contribution in [0.3, 0.4) is 0 Å². The quantitative estimate of drug-likeness (QED) is 0.437. The summed E-state index contributed by atoms with van der Waals surface area (Å²) < 4.78 is 16.5. The Balaban J connectivity index is 2.47. The number of nitrogens with zero attached hydrogens (tertiary/aromatic N) is 1. The first-order chi connectivity index (χ1) is 12.1. The fourth-order valence-electron chi connectivity index (χ4n) is 1.86. The van der Waals surface area contributed by atoms with Gasteiger partial charge in [-0.2, -0.15) is 0 Å². The lowest BCUT2D eigenvalue weighted by Crippen LogP contribution is -2.25. The largest absolute Gasteiger partial charge is 0.591 e. The van der Waals surface area contributed by atoms with Crippen molar-refractivity contribution in [2.75, 3.05) is 0 Å². The van der Waals surface area contributed by atoms with Crippen LogP contribution in [0, 0.1) is 0 Å². The van der Waals surface area contributed by atoms with Crippen molar-refractivity contribution in [2.45, 2.75) is 35.3 Å². The second-order valence-electron chi connectivity index (χ2n) is 6.28. The minimum absolute atomic E-state index is 0.190. The van der Waals surface area contributed by atoms with Gasteiger partial charge in [-0.15, -0.1) is 0 Å². The summed E-state index contributed by atoms with van der Waals surface area (Å²) in [5.41, 5.74) is 0.857. The van der Waals surface area contributed by atoms with E-state index >= 15 is 0 Å². The number of carbonyl (C=O) groups is 1. The molecule has 0 spiro atoms. The maximum absolute atomic E-state index is 12.2. The van der Waals surface area contributed by atoms with E-state index in [0.717, 1.165) is 0 Å². The molecule has 1 atom stereocenters. The molecule has 26 heavy (non-hydrogen) atoms. The zero-order valence-corrected chi connectivity index (χ0v) is 18.3. The van der Waals surface area contributed by atoms with Gasteiger partial charge in [0.15, 0.2) is 0 Å². The number of halogens is 2. The predicted molar refractivity (Wildman–Crippen MR) is 112 cm³/mol. The molecule has 0 aliphatic heterocycles. The lowest BCUT2D eigenvalue weighted by atomic mass is 10.2. The van der Waals surface area contributed by atoms with E-state index in [1.807, 2.05) is 20.8 Å². The molecular weight excluding hydrogens is 458 g/mol. The third kappa shape index (κ3) is 5.27. The van der Waals surface area contributed by atoms with Crippen molar-refractivity contribution in [3.63, 3.8) is 0 Å². The van der Waals surface area contributed by atoms with E-state index in [1.54, 1.807) is 36.4 Å². The molecule has 138 valence electrons. The highest BCUT2D eigenvalue weighted by atomic mass is 79.9. The smallest absolute Gasteiger partial charge is 0.336 e. The normalized spacial score (nSPS) is 13.2. The summed E-state index contributed by atoms with van der Waals surface area (Å²) in [6.07, 6.45) is 1.52. The molecule has 1 unspecified atom stereocenters. The molecule has 4 nitrogen and oxygen atoms in total. The molecule has 2 aromatic rings. The van der Waals surface area contributed by atoms with Gasteiger partial charge in [0.1, 0.15) is 16.1 Å². The van der Waals surface area contributed by atoms with Crippen molar-refractivity contribution in [3.05, 3.63) is 57.0 Å². The monoisotopic (exact) mass is 473 g/mol. The summed E-state index contributed by atoms with van der Waals surface area (Å²) in [6, 6.07) is 10.3. The van der Waals surface area contributed by atoms with Crippen LogP contribution in [0.1, 0.15) is 36.7 Å². The van der Waals surface area contributed by atoms with Crippen LogP contribution in [0.25, 0.3) is 0 Å². The average Bonchev–Trinajstić information content (AvgIpc) is 2.57. The van der Waals surface area contributed by atoms with Gasteiger partial charge in [0.2, 0.25) is 0 Å². The van der Waals surface area contributed by atoms with Crippen LogP contribution >= 0.6 is 39.3 Å². The SMILES string of the molecule is CC(C)(C)[S+]([O-])N=Cc1ccc(Br)c(Cl)c1Sc1ccccc1C(=O)O. The Morgan fingerprint density at radius 3 is 2.58 bits per heavy atom. The van der Waals surface area contributed by atoms with Gasteiger partial charge in [-0.25, -0.2) is 4.79 Å². The number of hydrogen-bond acceptors (Lipinski definition) is 4. The first-order valence-electron chi connectivity index (χ1n) is 7.55. The minimum Gasteiger partial charge on any atom is -0.591 e.